The highest BCUT2D eigenvalue weighted by Crippen LogP contribution is 2.20. The summed E-state index contributed by atoms with van der Waals surface area (Å²) >= 11 is 0. The van der Waals surface area contributed by atoms with Crippen LogP contribution in [0.4, 0.5) is 13.6 Å². The SMILES string of the molecule is CCOC(Cc1ccc(OCCN(CCCCCC(C)(F)F)C(=O)NCCOC)cc1)C(=O)O. The van der Waals surface area contributed by atoms with Crippen molar-refractivity contribution in [1.29, 1.82) is 0 Å². The normalized spacial score (nSPS) is 12.3. The number of carboxylic acid groups (broad SMARTS) is 1. The number of halogens is 2. The first-order chi connectivity index (χ1) is 16.2. The van der Waals surface area contributed by atoms with Gasteiger partial charge in [-0.15, -0.1) is 0 Å². The summed E-state index contributed by atoms with van der Waals surface area (Å²) < 4.78 is 41.8. The second kappa shape index (κ2) is 16.2. The maximum Gasteiger partial charge on any atom is 0.333 e. The Kier molecular flexibility index (Phi) is 14.1. The fraction of sp³-hybridized carbons (Fsp3) is 0.667. The van der Waals surface area contributed by atoms with Crippen LogP contribution in [0.5, 0.6) is 5.75 Å². The van der Waals surface area contributed by atoms with Crippen molar-refractivity contribution in [3.63, 3.8) is 0 Å². The molecule has 0 fully saturated rings. The van der Waals surface area contributed by atoms with E-state index in [4.69, 9.17) is 14.2 Å². The molecule has 8 nitrogen and oxygen atoms in total. The lowest BCUT2D eigenvalue weighted by molar-refractivity contribution is -0.149. The highest BCUT2D eigenvalue weighted by Gasteiger charge is 2.20. The van der Waals surface area contributed by atoms with Gasteiger partial charge in [-0.3, -0.25) is 0 Å². The van der Waals surface area contributed by atoms with Gasteiger partial charge in [0.2, 0.25) is 5.92 Å². The molecule has 2 N–H and O–H groups in total. The van der Waals surface area contributed by atoms with Crippen LogP contribution in [0.3, 0.4) is 0 Å². The summed E-state index contributed by atoms with van der Waals surface area (Å²) in [5.41, 5.74) is 0.810. The molecular weight excluding hydrogens is 450 g/mol. The summed E-state index contributed by atoms with van der Waals surface area (Å²) in [5, 5.41) is 12.0. The number of urea groups is 1. The van der Waals surface area contributed by atoms with Gasteiger partial charge in [0.1, 0.15) is 12.4 Å². The second-order valence-electron chi connectivity index (χ2n) is 8.07. The first-order valence-electron chi connectivity index (χ1n) is 11.6. The number of carboxylic acids is 1. The fourth-order valence-electron chi connectivity index (χ4n) is 3.23. The molecule has 34 heavy (non-hydrogen) atoms. The van der Waals surface area contributed by atoms with Crippen LogP contribution >= 0.6 is 0 Å². The van der Waals surface area contributed by atoms with Crippen LogP contribution in [0.1, 0.15) is 45.1 Å². The number of unbranched alkanes of at least 4 members (excludes halogenated alkanes) is 2. The number of rotatable bonds is 18. The number of carbonyl (C=O) groups is 2. The molecule has 0 saturated heterocycles. The Labute approximate surface area is 200 Å². The Balaban J connectivity index is 2.53. The number of carbonyl (C=O) groups excluding carboxylic acids is 1. The van der Waals surface area contributed by atoms with E-state index in [1.807, 2.05) is 0 Å². The molecule has 0 aliphatic carbocycles. The number of alkyl halides is 2. The van der Waals surface area contributed by atoms with Crippen LogP contribution < -0.4 is 10.1 Å². The summed E-state index contributed by atoms with van der Waals surface area (Å²) in [4.78, 5) is 25.3. The van der Waals surface area contributed by atoms with Gasteiger partial charge in [0.25, 0.3) is 0 Å². The highest BCUT2D eigenvalue weighted by molar-refractivity contribution is 5.74. The lowest BCUT2D eigenvalue weighted by Crippen LogP contribution is -2.43. The number of nitrogens with zero attached hydrogens (tertiary/aromatic N) is 1. The molecule has 1 atom stereocenters. The van der Waals surface area contributed by atoms with Gasteiger partial charge in [-0.1, -0.05) is 18.6 Å². The first kappa shape index (κ1) is 29.6. The number of aliphatic carboxylic acids is 1. The summed E-state index contributed by atoms with van der Waals surface area (Å²) in [6.45, 7) is 4.75. The van der Waals surface area contributed by atoms with E-state index in [-0.39, 0.29) is 25.5 Å². The molecule has 0 bridgehead atoms. The summed E-state index contributed by atoms with van der Waals surface area (Å²) in [6, 6.07) is 6.79. The molecule has 1 unspecified atom stereocenters. The van der Waals surface area contributed by atoms with Crippen molar-refractivity contribution >= 4 is 12.0 Å². The molecule has 2 amide bonds. The van der Waals surface area contributed by atoms with Crippen molar-refractivity contribution in [3.8, 4) is 5.75 Å². The third-order valence-corrected chi connectivity index (χ3v) is 5.03. The van der Waals surface area contributed by atoms with Crippen LogP contribution in [0.2, 0.25) is 0 Å². The van der Waals surface area contributed by atoms with Gasteiger partial charge < -0.3 is 29.5 Å². The van der Waals surface area contributed by atoms with Crippen molar-refractivity contribution in [2.45, 2.75) is 58.0 Å². The van der Waals surface area contributed by atoms with Gasteiger partial charge in [-0.05, 0) is 44.4 Å². The average Bonchev–Trinajstić information content (AvgIpc) is 2.77. The van der Waals surface area contributed by atoms with Crippen LogP contribution in [-0.2, 0) is 20.7 Å². The zero-order chi connectivity index (χ0) is 25.4. The number of benzene rings is 1. The number of ether oxygens (including phenoxy) is 3. The topological polar surface area (TPSA) is 97.3 Å². The third kappa shape index (κ3) is 13.3. The monoisotopic (exact) mass is 488 g/mol. The van der Waals surface area contributed by atoms with Gasteiger partial charge in [0.15, 0.2) is 6.10 Å². The maximum absolute atomic E-state index is 13.0. The van der Waals surface area contributed by atoms with Gasteiger partial charge >= 0.3 is 12.0 Å². The van der Waals surface area contributed by atoms with Crippen molar-refractivity contribution in [2.75, 3.05) is 46.6 Å². The van der Waals surface area contributed by atoms with Gasteiger partial charge in [0, 0.05) is 39.6 Å². The number of nitrogens with one attached hydrogen (secondary N) is 1. The molecule has 0 aliphatic heterocycles. The van der Waals surface area contributed by atoms with Crippen LogP contribution in [0.15, 0.2) is 24.3 Å². The van der Waals surface area contributed by atoms with Crippen LogP contribution in [0, 0.1) is 0 Å². The van der Waals surface area contributed by atoms with Crippen LogP contribution in [0.25, 0.3) is 0 Å². The van der Waals surface area contributed by atoms with E-state index in [1.54, 1.807) is 43.2 Å². The zero-order valence-electron chi connectivity index (χ0n) is 20.4. The second-order valence-corrected chi connectivity index (χ2v) is 8.07. The first-order valence-corrected chi connectivity index (χ1v) is 11.6. The van der Waals surface area contributed by atoms with E-state index in [0.29, 0.717) is 57.9 Å². The quantitative estimate of drug-likeness (QED) is 0.304. The van der Waals surface area contributed by atoms with Gasteiger partial charge in [-0.25, -0.2) is 18.4 Å². The Morgan fingerprint density at radius 2 is 1.82 bits per heavy atom. The summed E-state index contributed by atoms with van der Waals surface area (Å²) in [7, 11) is 1.55. The fourth-order valence-corrected chi connectivity index (χ4v) is 3.23. The molecule has 0 aliphatic rings. The molecular formula is C24H38F2N2O6. The molecule has 1 aromatic rings. The molecule has 0 heterocycles. The van der Waals surface area contributed by atoms with E-state index in [1.165, 1.54) is 0 Å². The van der Waals surface area contributed by atoms with Crippen molar-refractivity contribution in [3.05, 3.63) is 29.8 Å². The van der Waals surface area contributed by atoms with Gasteiger partial charge in [0.05, 0.1) is 13.2 Å². The Morgan fingerprint density at radius 3 is 2.41 bits per heavy atom. The van der Waals surface area contributed by atoms with E-state index in [0.717, 1.165) is 12.5 Å². The molecule has 0 spiro atoms. The number of amides is 2. The average molecular weight is 489 g/mol. The molecule has 0 saturated carbocycles. The van der Waals surface area contributed by atoms with E-state index < -0.39 is 18.0 Å². The smallest absolute Gasteiger partial charge is 0.333 e. The zero-order valence-corrected chi connectivity index (χ0v) is 20.4. The maximum atomic E-state index is 13.0. The standard InChI is InChI=1S/C24H38F2N2O6/c1-4-33-21(22(29)30)18-19-8-10-20(11-9-19)34-17-15-28(23(31)27-13-16-32-3)14-7-5-6-12-24(2,25)26/h8-11,21H,4-7,12-18H2,1-3H3,(H,27,31)(H,29,30). The molecule has 194 valence electrons. The van der Waals surface area contributed by atoms with E-state index >= 15 is 0 Å². The van der Waals surface area contributed by atoms with Crippen molar-refractivity contribution in [2.24, 2.45) is 0 Å². The van der Waals surface area contributed by atoms with Gasteiger partial charge in [-0.2, -0.15) is 0 Å². The lowest BCUT2D eigenvalue weighted by Gasteiger charge is -2.23. The summed E-state index contributed by atoms with van der Waals surface area (Å²) in [5.74, 6) is -3.08. The minimum atomic E-state index is -2.67. The van der Waals surface area contributed by atoms with E-state index in [9.17, 15) is 23.5 Å². The minimum Gasteiger partial charge on any atom is -0.492 e. The molecule has 1 aromatic carbocycles. The number of hydrogen-bond acceptors (Lipinski definition) is 5. The lowest BCUT2D eigenvalue weighted by atomic mass is 10.1. The Morgan fingerprint density at radius 1 is 1.12 bits per heavy atom. The summed E-state index contributed by atoms with van der Waals surface area (Å²) in [6.07, 6.45) is 0.815. The Hall–Kier alpha value is -2.46. The van der Waals surface area contributed by atoms with Crippen molar-refractivity contribution < 1.29 is 37.7 Å². The number of hydrogen-bond donors (Lipinski definition) is 2. The molecule has 0 aromatic heterocycles. The largest absolute Gasteiger partial charge is 0.492 e. The molecule has 10 heteroatoms. The third-order valence-electron chi connectivity index (χ3n) is 5.03. The molecule has 0 radical (unpaired) electrons. The minimum absolute atomic E-state index is 0.163. The van der Waals surface area contributed by atoms with E-state index in [2.05, 4.69) is 5.32 Å². The highest BCUT2D eigenvalue weighted by atomic mass is 19.3. The Bertz CT molecular complexity index is 712. The number of methoxy groups -OCH3 is 1. The molecule has 1 rings (SSSR count). The predicted molar refractivity (Wildman–Crippen MR) is 125 cm³/mol. The predicted octanol–water partition coefficient (Wildman–Crippen LogP) is 3.97. The van der Waals surface area contributed by atoms with Crippen molar-refractivity contribution in [1.82, 2.24) is 10.2 Å². The van der Waals surface area contributed by atoms with Crippen LogP contribution in [-0.4, -0.2) is 80.6 Å².